The number of alkyl halides is 4. The molecular formula is C9H12F4N2O. The predicted octanol–water partition coefficient (Wildman–Crippen LogP) is 1.80. The number of carbonyl (C=O) groups excluding carboxylic acids is 1. The highest BCUT2D eigenvalue weighted by molar-refractivity contribution is 5.81. The molecule has 0 aliphatic carbocycles. The number of nitrogens with one attached hydrogen (secondary N) is 1. The largest absolute Gasteiger partial charge is 0.349 e. The summed E-state index contributed by atoms with van der Waals surface area (Å²) in [5.41, 5.74) is 0. The number of hydrogen-bond acceptors (Lipinski definition) is 2. The lowest BCUT2D eigenvalue weighted by Gasteiger charge is -2.18. The third-order valence-corrected chi connectivity index (χ3v) is 1.91. The van der Waals surface area contributed by atoms with Crippen LogP contribution in [0.3, 0.4) is 0 Å². The molecule has 0 saturated carbocycles. The molecule has 0 bridgehead atoms. The molecular weight excluding hydrogens is 228 g/mol. The number of carbonyl (C=O) groups is 1. The number of hydrogen-bond donors (Lipinski definition) is 1. The minimum Gasteiger partial charge on any atom is -0.349 e. The van der Waals surface area contributed by atoms with Crippen LogP contribution in [0.4, 0.5) is 17.6 Å². The van der Waals surface area contributed by atoms with Gasteiger partial charge in [-0.3, -0.25) is 4.79 Å². The summed E-state index contributed by atoms with van der Waals surface area (Å²) < 4.78 is 48.3. The Hall–Kier alpha value is -1.32. The van der Waals surface area contributed by atoms with Gasteiger partial charge in [-0.25, -0.2) is 8.78 Å². The number of nitrogens with zero attached hydrogens (tertiary/aromatic N) is 1. The third kappa shape index (κ3) is 4.04. The fourth-order valence-electron chi connectivity index (χ4n) is 0.903. The van der Waals surface area contributed by atoms with Gasteiger partial charge in [0.15, 0.2) is 0 Å². The van der Waals surface area contributed by atoms with Crippen LogP contribution in [0.1, 0.15) is 13.8 Å². The van der Waals surface area contributed by atoms with Gasteiger partial charge < -0.3 is 5.32 Å². The standard InChI is InChI=1S/C9H12F4N2O/c1-5(2)6(3-14)7(16)15-4-9(12,13)8(10)11/h5-6,8H,4H2,1-2H3,(H,15,16). The molecule has 3 nitrogen and oxygen atoms in total. The second kappa shape index (κ2) is 5.68. The molecule has 1 unspecified atom stereocenters. The Labute approximate surface area is 90.4 Å². The van der Waals surface area contributed by atoms with Crippen LogP contribution in [0.25, 0.3) is 0 Å². The summed E-state index contributed by atoms with van der Waals surface area (Å²) in [5.74, 6) is -6.72. The molecule has 0 aromatic heterocycles. The van der Waals surface area contributed by atoms with Crippen LogP contribution in [0.15, 0.2) is 0 Å². The molecule has 1 amide bonds. The van der Waals surface area contributed by atoms with Crippen molar-refractivity contribution < 1.29 is 22.4 Å². The van der Waals surface area contributed by atoms with Gasteiger partial charge in [0.25, 0.3) is 0 Å². The maximum Gasteiger partial charge on any atom is 0.324 e. The van der Waals surface area contributed by atoms with Crippen LogP contribution in [0.5, 0.6) is 0 Å². The highest BCUT2D eigenvalue weighted by atomic mass is 19.3. The fraction of sp³-hybridized carbons (Fsp3) is 0.778. The van der Waals surface area contributed by atoms with Gasteiger partial charge in [0.2, 0.25) is 5.91 Å². The van der Waals surface area contributed by atoms with Crippen molar-refractivity contribution in [3.63, 3.8) is 0 Å². The smallest absolute Gasteiger partial charge is 0.324 e. The Kier molecular flexibility index (Phi) is 5.21. The van der Waals surface area contributed by atoms with Crippen LogP contribution < -0.4 is 5.32 Å². The molecule has 0 saturated heterocycles. The van der Waals surface area contributed by atoms with Gasteiger partial charge in [0, 0.05) is 0 Å². The molecule has 0 heterocycles. The summed E-state index contributed by atoms with van der Waals surface area (Å²) in [6.45, 7) is 1.64. The molecule has 1 atom stereocenters. The topological polar surface area (TPSA) is 52.9 Å². The van der Waals surface area contributed by atoms with Gasteiger partial charge in [0.05, 0.1) is 12.6 Å². The van der Waals surface area contributed by atoms with Gasteiger partial charge in [0.1, 0.15) is 5.92 Å². The Morgan fingerprint density at radius 3 is 2.25 bits per heavy atom. The second-order valence-corrected chi connectivity index (χ2v) is 3.63. The van der Waals surface area contributed by atoms with Crippen LogP contribution in [-0.2, 0) is 4.79 Å². The summed E-state index contributed by atoms with van der Waals surface area (Å²) >= 11 is 0. The molecule has 0 fully saturated rings. The maximum absolute atomic E-state index is 12.4. The van der Waals surface area contributed by atoms with E-state index in [-0.39, 0.29) is 5.92 Å². The maximum atomic E-state index is 12.4. The quantitative estimate of drug-likeness (QED) is 0.745. The van der Waals surface area contributed by atoms with Gasteiger partial charge in [-0.1, -0.05) is 13.8 Å². The van der Waals surface area contributed by atoms with Crippen molar-refractivity contribution >= 4 is 5.91 Å². The van der Waals surface area contributed by atoms with Gasteiger partial charge in [-0.2, -0.15) is 14.0 Å². The second-order valence-electron chi connectivity index (χ2n) is 3.63. The molecule has 0 aliphatic heterocycles. The fourth-order valence-corrected chi connectivity index (χ4v) is 0.903. The van der Waals surface area contributed by atoms with E-state index in [1.165, 1.54) is 0 Å². The minimum atomic E-state index is -4.27. The average Bonchev–Trinajstić information content (AvgIpc) is 2.15. The highest BCUT2D eigenvalue weighted by Crippen LogP contribution is 2.21. The first-order valence-electron chi connectivity index (χ1n) is 4.55. The lowest BCUT2D eigenvalue weighted by atomic mass is 9.97. The Bertz CT molecular complexity index is 286. The SMILES string of the molecule is CC(C)C(C#N)C(=O)NCC(F)(F)C(F)F. The number of amides is 1. The monoisotopic (exact) mass is 240 g/mol. The lowest BCUT2D eigenvalue weighted by molar-refractivity contribution is -0.138. The van der Waals surface area contributed by atoms with Crippen molar-refractivity contribution in [2.45, 2.75) is 26.2 Å². The summed E-state index contributed by atoms with van der Waals surface area (Å²) in [6, 6.07) is 1.62. The van der Waals surface area contributed by atoms with E-state index in [4.69, 9.17) is 5.26 Å². The zero-order valence-corrected chi connectivity index (χ0v) is 8.81. The number of rotatable bonds is 5. The van der Waals surface area contributed by atoms with E-state index < -0.39 is 30.7 Å². The molecule has 0 rings (SSSR count). The molecule has 7 heteroatoms. The van der Waals surface area contributed by atoms with Crippen LogP contribution >= 0.6 is 0 Å². The molecule has 16 heavy (non-hydrogen) atoms. The number of nitriles is 1. The summed E-state index contributed by atoms with van der Waals surface area (Å²) in [4.78, 5) is 11.2. The summed E-state index contributed by atoms with van der Waals surface area (Å²) in [6.07, 6.45) is -3.84. The first-order chi connectivity index (χ1) is 7.22. The Balaban J connectivity index is 4.33. The first-order valence-corrected chi connectivity index (χ1v) is 4.55. The van der Waals surface area contributed by atoms with E-state index in [9.17, 15) is 22.4 Å². The zero-order chi connectivity index (χ0) is 12.9. The van der Waals surface area contributed by atoms with Gasteiger partial charge in [-0.15, -0.1) is 0 Å². The summed E-state index contributed by atoms with van der Waals surface area (Å²) in [7, 11) is 0. The van der Waals surface area contributed by atoms with Crippen molar-refractivity contribution in [1.82, 2.24) is 5.32 Å². The van der Waals surface area contributed by atoms with Gasteiger partial charge >= 0.3 is 12.3 Å². The van der Waals surface area contributed by atoms with Crippen molar-refractivity contribution in [1.29, 1.82) is 5.26 Å². The third-order valence-electron chi connectivity index (χ3n) is 1.91. The van der Waals surface area contributed by atoms with E-state index in [1.807, 2.05) is 0 Å². The van der Waals surface area contributed by atoms with E-state index in [0.29, 0.717) is 0 Å². The average molecular weight is 240 g/mol. The summed E-state index contributed by atoms with van der Waals surface area (Å²) in [5, 5.41) is 10.2. The molecule has 92 valence electrons. The van der Waals surface area contributed by atoms with Crippen molar-refractivity contribution in [3.05, 3.63) is 0 Å². The van der Waals surface area contributed by atoms with E-state index in [0.717, 1.165) is 0 Å². The number of halogens is 4. The Morgan fingerprint density at radius 2 is 1.94 bits per heavy atom. The normalized spacial score (nSPS) is 13.7. The highest BCUT2D eigenvalue weighted by Gasteiger charge is 2.41. The first kappa shape index (κ1) is 14.7. The van der Waals surface area contributed by atoms with Crippen molar-refractivity contribution in [3.8, 4) is 6.07 Å². The van der Waals surface area contributed by atoms with Crippen molar-refractivity contribution in [2.24, 2.45) is 11.8 Å². The molecule has 0 aliphatic rings. The molecule has 0 radical (unpaired) electrons. The van der Waals surface area contributed by atoms with E-state index in [1.54, 1.807) is 25.2 Å². The van der Waals surface area contributed by atoms with Crippen LogP contribution in [0.2, 0.25) is 0 Å². The molecule has 0 aromatic rings. The minimum absolute atomic E-state index is 0.370. The van der Waals surface area contributed by atoms with E-state index >= 15 is 0 Å². The van der Waals surface area contributed by atoms with Crippen molar-refractivity contribution in [2.75, 3.05) is 6.54 Å². The van der Waals surface area contributed by atoms with Crippen LogP contribution in [0, 0.1) is 23.2 Å². The van der Waals surface area contributed by atoms with E-state index in [2.05, 4.69) is 0 Å². The zero-order valence-electron chi connectivity index (χ0n) is 8.81. The molecule has 0 spiro atoms. The van der Waals surface area contributed by atoms with Gasteiger partial charge in [-0.05, 0) is 5.92 Å². The lowest BCUT2D eigenvalue weighted by Crippen LogP contribution is -2.44. The van der Waals surface area contributed by atoms with Crippen LogP contribution in [-0.4, -0.2) is 24.8 Å². The Morgan fingerprint density at radius 1 is 1.44 bits per heavy atom. The molecule has 1 N–H and O–H groups in total. The predicted molar refractivity (Wildman–Crippen MR) is 47.9 cm³/mol. The molecule has 0 aromatic carbocycles.